The molecule has 7 heteroatoms. The Morgan fingerprint density at radius 2 is 1.69 bits per heavy atom. The maximum atomic E-state index is 14.4. The van der Waals surface area contributed by atoms with Crippen LogP contribution in [0, 0.1) is 26.7 Å². The van der Waals surface area contributed by atoms with E-state index in [2.05, 4.69) is 28.9 Å². The number of para-hydroxylation sites is 2. The maximum absolute atomic E-state index is 14.4. The first kappa shape index (κ1) is 23.9. The molecule has 0 aliphatic heterocycles. The van der Waals surface area contributed by atoms with Gasteiger partial charge in [-0.05, 0) is 75.8 Å². The maximum Gasteiger partial charge on any atom is 0.435 e. The van der Waals surface area contributed by atoms with Crippen molar-refractivity contribution in [2.75, 3.05) is 13.1 Å². The minimum Gasteiger partial charge on any atom is -0.297 e. The van der Waals surface area contributed by atoms with Crippen molar-refractivity contribution in [3.8, 4) is 5.69 Å². The summed E-state index contributed by atoms with van der Waals surface area (Å²) in [6.07, 6.45) is -0.0739. The zero-order valence-electron chi connectivity index (χ0n) is 20.9. The van der Waals surface area contributed by atoms with Gasteiger partial charge in [-0.3, -0.25) is 13.9 Å². The molecular weight excluding hydrogens is 449 g/mol. The molecule has 0 N–H and O–H groups in total. The summed E-state index contributed by atoms with van der Waals surface area (Å²) in [7, 11) is 0. The topological polar surface area (TPSA) is 25.5 Å². The molecule has 2 aromatic carbocycles. The number of halogens is 3. The Labute approximate surface area is 204 Å². The molecule has 4 nitrogen and oxygen atoms in total. The number of aromatic nitrogens is 3. The molecule has 1 fully saturated rings. The van der Waals surface area contributed by atoms with Gasteiger partial charge in [0.1, 0.15) is 0 Å². The third-order valence-corrected chi connectivity index (χ3v) is 7.30. The number of aryl methyl sites for hydroxylation is 3. The van der Waals surface area contributed by atoms with E-state index in [-0.39, 0.29) is 12.2 Å². The Hall–Kier alpha value is -2.80. The second kappa shape index (κ2) is 9.01. The summed E-state index contributed by atoms with van der Waals surface area (Å²) in [5.74, 6) is 0.905. The molecule has 1 aliphatic carbocycles. The number of benzene rings is 2. The predicted octanol–water partition coefficient (Wildman–Crippen LogP) is 7.23. The van der Waals surface area contributed by atoms with Gasteiger partial charge in [-0.1, -0.05) is 43.2 Å². The van der Waals surface area contributed by atoms with Gasteiger partial charge in [-0.25, -0.2) is 4.98 Å². The second-order valence-corrected chi connectivity index (χ2v) is 10.1. The summed E-state index contributed by atoms with van der Waals surface area (Å²) in [5.41, 5.74) is 5.13. The highest BCUT2D eigenvalue weighted by Gasteiger charge is 2.40. The third-order valence-electron chi connectivity index (χ3n) is 7.30. The largest absolute Gasteiger partial charge is 0.435 e. The summed E-state index contributed by atoms with van der Waals surface area (Å²) in [5, 5.41) is 0. The van der Waals surface area contributed by atoms with Gasteiger partial charge in [-0.15, -0.1) is 0 Å². The van der Waals surface area contributed by atoms with Crippen molar-refractivity contribution >= 4 is 16.8 Å². The van der Waals surface area contributed by atoms with Gasteiger partial charge in [0, 0.05) is 13.1 Å². The predicted molar refractivity (Wildman–Crippen MR) is 134 cm³/mol. The van der Waals surface area contributed by atoms with E-state index in [9.17, 15) is 13.2 Å². The Balaban J connectivity index is 1.77. The lowest BCUT2D eigenvalue weighted by molar-refractivity contribution is -0.141. The highest BCUT2D eigenvalue weighted by atomic mass is 19.4. The lowest BCUT2D eigenvalue weighted by Crippen LogP contribution is -2.33. The van der Waals surface area contributed by atoms with Crippen molar-refractivity contribution in [2.24, 2.45) is 5.92 Å². The standard InChI is InChI=1S/C28H33F3N4/c1-5-13-33(16-21-9-8-10-21)17-24-26(28(29,30)31)32-27-34(24)22-11-6-7-12-23(22)35(27)25-19(3)14-18(2)15-20(25)4/h6-7,11-12,14-15,21H,5,8-10,13,16-17H2,1-4H3. The van der Waals surface area contributed by atoms with Crippen molar-refractivity contribution in [2.45, 2.75) is 66.1 Å². The highest BCUT2D eigenvalue weighted by Crippen LogP contribution is 2.38. The molecule has 186 valence electrons. The first-order valence-corrected chi connectivity index (χ1v) is 12.6. The minimum atomic E-state index is -4.53. The van der Waals surface area contributed by atoms with Crippen LogP contribution in [0.2, 0.25) is 0 Å². The van der Waals surface area contributed by atoms with Crippen LogP contribution in [0.1, 0.15) is 60.7 Å². The van der Waals surface area contributed by atoms with Crippen molar-refractivity contribution in [3.05, 3.63) is 64.5 Å². The van der Waals surface area contributed by atoms with E-state index in [1.54, 1.807) is 4.40 Å². The van der Waals surface area contributed by atoms with E-state index in [0.29, 0.717) is 11.7 Å². The van der Waals surface area contributed by atoms with Crippen molar-refractivity contribution in [1.29, 1.82) is 0 Å². The van der Waals surface area contributed by atoms with Gasteiger partial charge in [0.25, 0.3) is 0 Å². The van der Waals surface area contributed by atoms with Gasteiger partial charge in [0.15, 0.2) is 5.69 Å². The van der Waals surface area contributed by atoms with E-state index in [1.807, 2.05) is 49.6 Å². The van der Waals surface area contributed by atoms with Crippen LogP contribution in [0.25, 0.3) is 22.5 Å². The molecule has 0 unspecified atom stereocenters. The van der Waals surface area contributed by atoms with Crippen molar-refractivity contribution in [3.63, 3.8) is 0 Å². The SMILES string of the molecule is CCCN(Cc1c(C(F)(F)F)nc2n(-c3c(C)cc(C)cc3C)c3ccccc3n12)CC1CCC1. The number of alkyl halides is 3. The molecular formula is C28H33F3N4. The van der Waals surface area contributed by atoms with Crippen molar-refractivity contribution in [1.82, 2.24) is 18.9 Å². The van der Waals surface area contributed by atoms with Gasteiger partial charge >= 0.3 is 6.18 Å². The third kappa shape index (κ3) is 4.24. The molecule has 0 atom stereocenters. The molecule has 0 spiro atoms. The first-order chi connectivity index (χ1) is 16.7. The van der Waals surface area contributed by atoms with E-state index < -0.39 is 11.9 Å². The molecule has 0 bridgehead atoms. The summed E-state index contributed by atoms with van der Waals surface area (Å²) >= 11 is 0. The zero-order valence-corrected chi connectivity index (χ0v) is 20.9. The van der Waals surface area contributed by atoms with Crippen LogP contribution in [0.4, 0.5) is 13.2 Å². The second-order valence-electron chi connectivity index (χ2n) is 10.1. The van der Waals surface area contributed by atoms with E-state index in [0.717, 1.165) is 52.9 Å². The summed E-state index contributed by atoms with van der Waals surface area (Å²) < 4.78 is 46.8. The van der Waals surface area contributed by atoms with Gasteiger partial charge in [-0.2, -0.15) is 13.2 Å². The quantitative estimate of drug-likeness (QED) is 0.278. The van der Waals surface area contributed by atoms with Crippen LogP contribution in [-0.2, 0) is 12.7 Å². The number of hydrogen-bond donors (Lipinski definition) is 0. The molecule has 0 radical (unpaired) electrons. The minimum absolute atomic E-state index is 0.234. The average Bonchev–Trinajstić information content (AvgIpc) is 3.26. The summed E-state index contributed by atoms with van der Waals surface area (Å²) in [6, 6.07) is 11.8. The number of fused-ring (bicyclic) bond motifs is 3. The number of imidazole rings is 2. The zero-order chi connectivity index (χ0) is 24.9. The summed E-state index contributed by atoms with van der Waals surface area (Å²) in [4.78, 5) is 6.49. The van der Waals surface area contributed by atoms with Gasteiger partial charge in [0.05, 0.1) is 22.4 Å². The van der Waals surface area contributed by atoms with Gasteiger partial charge in [0.2, 0.25) is 5.78 Å². The fourth-order valence-electron chi connectivity index (χ4n) is 5.72. The molecule has 2 heterocycles. The molecule has 0 saturated heterocycles. The molecule has 35 heavy (non-hydrogen) atoms. The van der Waals surface area contributed by atoms with Crippen LogP contribution in [0.5, 0.6) is 0 Å². The summed E-state index contributed by atoms with van der Waals surface area (Å²) in [6.45, 7) is 9.99. The molecule has 2 aromatic heterocycles. The van der Waals surface area contributed by atoms with Crippen LogP contribution >= 0.6 is 0 Å². The van der Waals surface area contributed by atoms with Crippen LogP contribution in [-0.4, -0.2) is 31.9 Å². The Bertz CT molecular complexity index is 1350. The van der Waals surface area contributed by atoms with Crippen LogP contribution < -0.4 is 0 Å². The molecule has 0 amide bonds. The first-order valence-electron chi connectivity index (χ1n) is 12.6. The molecule has 4 aromatic rings. The lowest BCUT2D eigenvalue weighted by Gasteiger charge is -2.32. The smallest absolute Gasteiger partial charge is 0.297 e. The van der Waals surface area contributed by atoms with Gasteiger partial charge < -0.3 is 0 Å². The molecule has 1 aliphatic rings. The molecule has 1 saturated carbocycles. The van der Waals surface area contributed by atoms with Crippen LogP contribution in [0.15, 0.2) is 36.4 Å². The Morgan fingerprint density at radius 1 is 1.03 bits per heavy atom. The fourth-order valence-corrected chi connectivity index (χ4v) is 5.72. The highest BCUT2D eigenvalue weighted by molar-refractivity contribution is 5.85. The Morgan fingerprint density at radius 3 is 2.26 bits per heavy atom. The number of rotatable bonds is 7. The monoisotopic (exact) mass is 482 g/mol. The average molecular weight is 483 g/mol. The van der Waals surface area contributed by atoms with Crippen molar-refractivity contribution < 1.29 is 13.2 Å². The van der Waals surface area contributed by atoms with E-state index >= 15 is 0 Å². The normalized spacial score (nSPS) is 15.0. The lowest BCUT2D eigenvalue weighted by atomic mass is 9.85. The Kier molecular flexibility index (Phi) is 6.16. The van der Waals surface area contributed by atoms with E-state index in [1.165, 1.54) is 19.3 Å². The van der Waals surface area contributed by atoms with E-state index in [4.69, 9.17) is 0 Å². The van der Waals surface area contributed by atoms with Crippen LogP contribution in [0.3, 0.4) is 0 Å². The number of hydrogen-bond acceptors (Lipinski definition) is 2. The molecule has 5 rings (SSSR count). The number of nitrogens with zero attached hydrogens (tertiary/aromatic N) is 4. The fraction of sp³-hybridized carbons (Fsp3) is 0.464.